The number of carbonyl (C=O) groups excluding carboxylic acids is 4. The van der Waals surface area contributed by atoms with Gasteiger partial charge in [-0.15, -0.1) is 0 Å². The van der Waals surface area contributed by atoms with E-state index < -0.39 is 36.3 Å². The van der Waals surface area contributed by atoms with Crippen LogP contribution < -0.4 is 5.32 Å². The lowest BCUT2D eigenvalue weighted by atomic mass is 10.0. The van der Waals surface area contributed by atoms with Crippen molar-refractivity contribution < 1.29 is 23.9 Å². The minimum atomic E-state index is -1.12. The maximum absolute atomic E-state index is 12.8. The van der Waals surface area contributed by atoms with Gasteiger partial charge in [-0.2, -0.15) is 0 Å². The van der Waals surface area contributed by atoms with E-state index in [4.69, 9.17) is 16.3 Å². The van der Waals surface area contributed by atoms with Gasteiger partial charge in [-0.05, 0) is 49.1 Å². The third-order valence-electron chi connectivity index (χ3n) is 4.92. The number of hydrogen-bond acceptors (Lipinski definition) is 5. The van der Waals surface area contributed by atoms with Crippen molar-refractivity contribution in [2.24, 2.45) is 5.92 Å². The maximum atomic E-state index is 12.8. The van der Waals surface area contributed by atoms with Crippen LogP contribution in [-0.2, 0) is 14.3 Å². The summed E-state index contributed by atoms with van der Waals surface area (Å²) in [6, 6.07) is 10.3. The van der Waals surface area contributed by atoms with Crippen LogP contribution in [0.1, 0.15) is 46.5 Å². The Morgan fingerprint density at radius 2 is 1.68 bits per heavy atom. The molecule has 3 rings (SSSR count). The molecule has 0 unspecified atom stereocenters. The van der Waals surface area contributed by atoms with Crippen molar-refractivity contribution in [3.05, 3.63) is 64.2 Å². The third-order valence-corrected chi connectivity index (χ3v) is 5.16. The minimum absolute atomic E-state index is 0.00444. The lowest BCUT2D eigenvalue weighted by Gasteiger charge is -2.25. The zero-order chi connectivity index (χ0) is 22.7. The fourth-order valence-corrected chi connectivity index (χ4v) is 3.56. The molecule has 1 heterocycles. The topological polar surface area (TPSA) is 92.8 Å². The van der Waals surface area contributed by atoms with Crippen molar-refractivity contribution >= 4 is 41.0 Å². The fraction of sp³-hybridized carbons (Fsp3) is 0.304. The first-order valence-corrected chi connectivity index (χ1v) is 10.3. The first kappa shape index (κ1) is 22.5. The first-order valence-electron chi connectivity index (χ1n) is 9.88. The zero-order valence-electron chi connectivity index (χ0n) is 17.5. The molecule has 1 atom stereocenters. The van der Waals surface area contributed by atoms with Gasteiger partial charge in [-0.1, -0.05) is 43.6 Å². The number of anilines is 1. The molecule has 0 saturated heterocycles. The van der Waals surface area contributed by atoms with Crippen LogP contribution in [-0.4, -0.2) is 41.2 Å². The summed E-state index contributed by atoms with van der Waals surface area (Å²) in [6.45, 7) is 4.99. The Balaban J connectivity index is 1.71. The molecule has 0 radical (unpaired) electrons. The number of halogens is 1. The lowest BCUT2D eigenvalue weighted by molar-refractivity contribution is -0.151. The Kier molecular flexibility index (Phi) is 6.75. The van der Waals surface area contributed by atoms with Crippen molar-refractivity contribution in [1.82, 2.24) is 4.90 Å². The molecule has 8 heteroatoms. The van der Waals surface area contributed by atoms with Crippen LogP contribution >= 0.6 is 11.6 Å². The smallest absolute Gasteiger partial charge is 0.329 e. The Morgan fingerprint density at radius 1 is 1.06 bits per heavy atom. The van der Waals surface area contributed by atoms with Gasteiger partial charge < -0.3 is 10.1 Å². The maximum Gasteiger partial charge on any atom is 0.329 e. The molecular weight excluding hydrogens is 420 g/mol. The molecule has 1 aliphatic heterocycles. The average molecular weight is 443 g/mol. The number of aryl methyl sites for hydroxylation is 1. The van der Waals surface area contributed by atoms with Crippen LogP contribution in [0.3, 0.4) is 0 Å². The summed E-state index contributed by atoms with van der Waals surface area (Å²) in [5.74, 6) is -2.43. The molecule has 0 bridgehead atoms. The van der Waals surface area contributed by atoms with Crippen molar-refractivity contribution in [1.29, 1.82) is 0 Å². The lowest BCUT2D eigenvalue weighted by Crippen LogP contribution is -2.46. The number of benzene rings is 2. The second-order valence-electron chi connectivity index (χ2n) is 7.79. The number of amides is 3. The molecule has 7 nitrogen and oxygen atoms in total. The van der Waals surface area contributed by atoms with Crippen molar-refractivity contribution in [3.8, 4) is 0 Å². The van der Waals surface area contributed by atoms with Crippen LogP contribution in [0.5, 0.6) is 0 Å². The van der Waals surface area contributed by atoms with Gasteiger partial charge in [0.05, 0.1) is 11.1 Å². The molecule has 0 aliphatic carbocycles. The number of carbonyl (C=O) groups is 4. The number of rotatable bonds is 7. The van der Waals surface area contributed by atoms with Gasteiger partial charge in [0.1, 0.15) is 6.04 Å². The summed E-state index contributed by atoms with van der Waals surface area (Å²) < 4.78 is 5.19. The highest BCUT2D eigenvalue weighted by molar-refractivity contribution is 6.31. The van der Waals surface area contributed by atoms with Crippen molar-refractivity contribution in [3.63, 3.8) is 0 Å². The highest BCUT2D eigenvalue weighted by atomic mass is 35.5. The van der Waals surface area contributed by atoms with E-state index in [1.807, 2.05) is 13.8 Å². The van der Waals surface area contributed by atoms with E-state index in [9.17, 15) is 19.2 Å². The first-order chi connectivity index (χ1) is 14.7. The summed E-state index contributed by atoms with van der Waals surface area (Å²) in [5, 5.41) is 3.10. The number of nitrogens with one attached hydrogen (secondary N) is 1. The molecule has 0 saturated carbocycles. The molecule has 31 heavy (non-hydrogen) atoms. The second kappa shape index (κ2) is 9.31. The van der Waals surface area contributed by atoms with Gasteiger partial charge in [-0.3, -0.25) is 19.3 Å². The van der Waals surface area contributed by atoms with E-state index in [-0.39, 0.29) is 23.5 Å². The zero-order valence-corrected chi connectivity index (χ0v) is 18.2. The number of hydrogen-bond donors (Lipinski definition) is 1. The van der Waals surface area contributed by atoms with Crippen LogP contribution in [0.15, 0.2) is 42.5 Å². The van der Waals surface area contributed by atoms with Gasteiger partial charge in [0, 0.05) is 10.7 Å². The fourth-order valence-electron chi connectivity index (χ4n) is 3.39. The number of imide groups is 1. The summed E-state index contributed by atoms with van der Waals surface area (Å²) in [6.07, 6.45) is 0.222. The SMILES string of the molecule is Cc1ccc(Cl)cc1NC(=O)COC(=O)[C@@H](CC(C)C)N1C(=O)c2ccccc2C1=O. The van der Waals surface area contributed by atoms with E-state index in [2.05, 4.69) is 5.32 Å². The Hall–Kier alpha value is -3.19. The van der Waals surface area contributed by atoms with Gasteiger partial charge >= 0.3 is 5.97 Å². The average Bonchev–Trinajstić information content (AvgIpc) is 2.97. The van der Waals surface area contributed by atoms with E-state index >= 15 is 0 Å². The van der Waals surface area contributed by atoms with Crippen LogP contribution in [0.2, 0.25) is 5.02 Å². The monoisotopic (exact) mass is 442 g/mol. The van der Waals surface area contributed by atoms with Gasteiger partial charge in [0.15, 0.2) is 6.61 Å². The van der Waals surface area contributed by atoms with Crippen molar-refractivity contribution in [2.75, 3.05) is 11.9 Å². The predicted octanol–water partition coefficient (Wildman–Crippen LogP) is 3.84. The number of fused-ring (bicyclic) bond motifs is 1. The molecule has 162 valence electrons. The molecule has 2 aromatic rings. The van der Waals surface area contributed by atoms with E-state index in [0.717, 1.165) is 10.5 Å². The Labute approximate surface area is 185 Å². The summed E-state index contributed by atoms with van der Waals surface area (Å²) in [4.78, 5) is 51.6. The van der Waals surface area contributed by atoms with Gasteiger partial charge in [0.2, 0.25) is 0 Å². The van der Waals surface area contributed by atoms with Crippen LogP contribution in [0.25, 0.3) is 0 Å². The Bertz CT molecular complexity index is 1020. The highest BCUT2D eigenvalue weighted by Crippen LogP contribution is 2.27. The molecule has 0 aromatic heterocycles. The molecule has 1 aliphatic rings. The summed E-state index contributed by atoms with van der Waals surface area (Å²) in [7, 11) is 0. The normalized spacial score (nSPS) is 13.9. The predicted molar refractivity (Wildman–Crippen MR) is 116 cm³/mol. The molecular formula is C23H23ClN2O5. The molecule has 2 aromatic carbocycles. The quantitative estimate of drug-likeness (QED) is 0.519. The van der Waals surface area contributed by atoms with E-state index in [0.29, 0.717) is 10.7 Å². The Morgan fingerprint density at radius 3 is 2.26 bits per heavy atom. The molecule has 0 fully saturated rings. The van der Waals surface area contributed by atoms with Crippen LogP contribution in [0, 0.1) is 12.8 Å². The third kappa shape index (κ3) is 4.94. The molecule has 1 N–H and O–H groups in total. The highest BCUT2D eigenvalue weighted by Gasteiger charge is 2.43. The largest absolute Gasteiger partial charge is 0.454 e. The second-order valence-corrected chi connectivity index (χ2v) is 8.22. The number of nitrogens with zero attached hydrogens (tertiary/aromatic N) is 1. The number of esters is 1. The molecule has 0 spiro atoms. The number of ether oxygens (including phenoxy) is 1. The van der Waals surface area contributed by atoms with Gasteiger partial charge in [0.25, 0.3) is 17.7 Å². The van der Waals surface area contributed by atoms with Crippen LogP contribution in [0.4, 0.5) is 5.69 Å². The van der Waals surface area contributed by atoms with Gasteiger partial charge in [-0.25, -0.2) is 4.79 Å². The summed E-state index contributed by atoms with van der Waals surface area (Å²) >= 11 is 5.95. The van der Waals surface area contributed by atoms with E-state index in [1.165, 1.54) is 0 Å². The van der Waals surface area contributed by atoms with E-state index in [1.54, 1.807) is 49.4 Å². The molecule has 3 amide bonds. The minimum Gasteiger partial charge on any atom is -0.454 e. The standard InChI is InChI=1S/C23H23ClN2O5/c1-13(2)10-19(26-21(28)16-6-4-5-7-17(16)22(26)29)23(30)31-12-20(27)25-18-11-15(24)9-8-14(18)3/h4-9,11,13,19H,10,12H2,1-3H3,(H,25,27)/t19-/m1/s1. The summed E-state index contributed by atoms with van der Waals surface area (Å²) in [5.41, 5.74) is 1.81. The van der Waals surface area contributed by atoms with Crippen molar-refractivity contribution in [2.45, 2.75) is 33.2 Å².